The van der Waals surface area contributed by atoms with Gasteiger partial charge < -0.3 is 14.0 Å². The van der Waals surface area contributed by atoms with Gasteiger partial charge in [0.2, 0.25) is 0 Å². The summed E-state index contributed by atoms with van der Waals surface area (Å²) in [7, 11) is 1.47. The molecule has 0 aliphatic heterocycles. The van der Waals surface area contributed by atoms with Crippen LogP contribution in [0, 0.1) is 6.92 Å². The molecular formula is C12H13N3O4. The van der Waals surface area contributed by atoms with Gasteiger partial charge in [-0.05, 0) is 13.8 Å². The number of methoxy groups -OCH3 is 1. The first-order valence-electron chi connectivity index (χ1n) is 5.67. The lowest BCUT2D eigenvalue weighted by atomic mass is 10.1. The minimum Gasteiger partial charge on any atom is -0.467 e. The minimum absolute atomic E-state index is 0.238. The number of aryl methyl sites for hydroxylation is 1. The number of aromatic nitrogens is 3. The molecule has 7 nitrogen and oxygen atoms in total. The number of nitrogens with zero attached hydrogens (tertiary/aromatic N) is 3. The van der Waals surface area contributed by atoms with Crippen LogP contribution in [0.2, 0.25) is 0 Å². The maximum Gasteiger partial charge on any atom is 0.344 e. The van der Waals surface area contributed by atoms with Crippen molar-refractivity contribution in [3.8, 4) is 17.3 Å². The fraction of sp³-hybridized carbons (Fsp3) is 0.333. The molecule has 0 radical (unpaired) electrons. The fourth-order valence-electron chi connectivity index (χ4n) is 1.56. The van der Waals surface area contributed by atoms with Crippen molar-refractivity contribution in [1.29, 1.82) is 0 Å². The van der Waals surface area contributed by atoms with E-state index in [2.05, 4.69) is 15.1 Å². The Hall–Kier alpha value is -2.44. The molecule has 2 rings (SSSR count). The molecule has 0 saturated heterocycles. The highest BCUT2D eigenvalue weighted by atomic mass is 16.5. The van der Waals surface area contributed by atoms with E-state index in [1.54, 1.807) is 13.8 Å². The van der Waals surface area contributed by atoms with Gasteiger partial charge in [0, 0.05) is 18.0 Å². The van der Waals surface area contributed by atoms with Crippen molar-refractivity contribution >= 4 is 5.97 Å². The van der Waals surface area contributed by atoms with Gasteiger partial charge in [-0.3, -0.25) is 0 Å². The third-order valence-corrected chi connectivity index (χ3v) is 2.43. The summed E-state index contributed by atoms with van der Waals surface area (Å²) < 4.78 is 14.9. The van der Waals surface area contributed by atoms with E-state index < -0.39 is 5.97 Å². The van der Waals surface area contributed by atoms with Crippen LogP contribution in [-0.2, 0) is 4.74 Å². The van der Waals surface area contributed by atoms with Crippen molar-refractivity contribution in [2.24, 2.45) is 0 Å². The van der Waals surface area contributed by atoms with Crippen LogP contribution in [0.4, 0.5) is 0 Å². The second-order valence-electron chi connectivity index (χ2n) is 3.64. The first-order valence-corrected chi connectivity index (χ1v) is 5.67. The Morgan fingerprint density at radius 2 is 2.05 bits per heavy atom. The fourth-order valence-corrected chi connectivity index (χ4v) is 1.56. The lowest BCUT2D eigenvalue weighted by molar-refractivity contribution is 0.0525. The summed E-state index contributed by atoms with van der Waals surface area (Å²) >= 11 is 0. The molecule has 0 fully saturated rings. The second kappa shape index (κ2) is 5.47. The maximum absolute atomic E-state index is 11.9. The van der Waals surface area contributed by atoms with E-state index in [1.807, 2.05) is 0 Å². The molecule has 2 heterocycles. The van der Waals surface area contributed by atoms with Crippen LogP contribution in [0.1, 0.15) is 23.0 Å². The third kappa shape index (κ3) is 2.54. The van der Waals surface area contributed by atoms with E-state index in [1.165, 1.54) is 19.5 Å². The van der Waals surface area contributed by atoms with Crippen molar-refractivity contribution in [2.45, 2.75) is 13.8 Å². The van der Waals surface area contributed by atoms with Gasteiger partial charge in [-0.2, -0.15) is 0 Å². The largest absolute Gasteiger partial charge is 0.467 e. The van der Waals surface area contributed by atoms with Crippen molar-refractivity contribution in [3.05, 3.63) is 23.7 Å². The Labute approximate surface area is 109 Å². The van der Waals surface area contributed by atoms with Gasteiger partial charge in [0.15, 0.2) is 0 Å². The molecule has 0 saturated carbocycles. The van der Waals surface area contributed by atoms with Gasteiger partial charge in [-0.25, -0.2) is 14.8 Å². The molecule has 0 amide bonds. The zero-order valence-electron chi connectivity index (χ0n) is 10.8. The zero-order valence-corrected chi connectivity index (χ0v) is 10.8. The molecule has 0 unspecified atom stereocenters. The second-order valence-corrected chi connectivity index (χ2v) is 3.64. The SMILES string of the molecule is CCOC(=O)c1c(-c2cnc(OC)nc2)noc1C. The zero-order chi connectivity index (χ0) is 13.8. The third-order valence-electron chi connectivity index (χ3n) is 2.43. The number of esters is 1. The average molecular weight is 263 g/mol. The molecule has 7 heteroatoms. The summed E-state index contributed by atoms with van der Waals surface area (Å²) in [6.45, 7) is 3.66. The topological polar surface area (TPSA) is 87.3 Å². The molecule has 2 aromatic rings. The van der Waals surface area contributed by atoms with Crippen LogP contribution in [-0.4, -0.2) is 34.8 Å². The number of ether oxygens (including phenoxy) is 2. The van der Waals surface area contributed by atoms with Crippen LogP contribution in [0.25, 0.3) is 11.3 Å². The first kappa shape index (κ1) is 13.0. The molecule has 0 atom stereocenters. The monoisotopic (exact) mass is 263 g/mol. The van der Waals surface area contributed by atoms with Crippen LogP contribution in [0.15, 0.2) is 16.9 Å². The van der Waals surface area contributed by atoms with Gasteiger partial charge in [-0.1, -0.05) is 5.16 Å². The van der Waals surface area contributed by atoms with E-state index >= 15 is 0 Å². The Morgan fingerprint density at radius 3 is 2.63 bits per heavy atom. The summed E-state index contributed by atoms with van der Waals surface area (Å²) in [5.41, 5.74) is 1.20. The van der Waals surface area contributed by atoms with Gasteiger partial charge in [-0.15, -0.1) is 0 Å². The number of hydrogen-bond acceptors (Lipinski definition) is 7. The number of carbonyl (C=O) groups is 1. The summed E-state index contributed by atoms with van der Waals surface area (Å²) in [5, 5.41) is 3.85. The van der Waals surface area contributed by atoms with Gasteiger partial charge >= 0.3 is 12.0 Å². The number of rotatable bonds is 4. The molecule has 0 N–H and O–H groups in total. The molecule has 0 aliphatic carbocycles. The van der Waals surface area contributed by atoms with Crippen LogP contribution < -0.4 is 4.74 Å². The lowest BCUT2D eigenvalue weighted by Gasteiger charge is -2.02. The number of hydrogen-bond donors (Lipinski definition) is 0. The Kier molecular flexibility index (Phi) is 3.74. The smallest absolute Gasteiger partial charge is 0.344 e. The molecule has 0 bridgehead atoms. The van der Waals surface area contributed by atoms with Crippen molar-refractivity contribution in [3.63, 3.8) is 0 Å². The highest BCUT2D eigenvalue weighted by Gasteiger charge is 2.23. The quantitative estimate of drug-likeness (QED) is 0.774. The summed E-state index contributed by atoms with van der Waals surface area (Å²) in [6.07, 6.45) is 3.01. The van der Waals surface area contributed by atoms with Gasteiger partial charge in [0.05, 0.1) is 13.7 Å². The molecular weight excluding hydrogens is 250 g/mol. The molecule has 0 aliphatic rings. The van der Waals surface area contributed by atoms with E-state index in [-0.39, 0.29) is 18.2 Å². The van der Waals surface area contributed by atoms with Gasteiger partial charge in [0.25, 0.3) is 0 Å². The number of carbonyl (C=O) groups excluding carboxylic acids is 1. The van der Waals surface area contributed by atoms with E-state index in [9.17, 15) is 4.79 Å². The van der Waals surface area contributed by atoms with Crippen LogP contribution in [0.3, 0.4) is 0 Å². The van der Waals surface area contributed by atoms with E-state index in [0.29, 0.717) is 17.0 Å². The molecule has 19 heavy (non-hydrogen) atoms. The highest BCUT2D eigenvalue weighted by Crippen LogP contribution is 2.25. The maximum atomic E-state index is 11.9. The normalized spacial score (nSPS) is 10.3. The predicted molar refractivity (Wildman–Crippen MR) is 64.8 cm³/mol. The van der Waals surface area contributed by atoms with Crippen LogP contribution in [0.5, 0.6) is 6.01 Å². The molecule has 2 aromatic heterocycles. The summed E-state index contributed by atoms with van der Waals surface area (Å²) in [5.74, 6) is -0.0867. The lowest BCUT2D eigenvalue weighted by Crippen LogP contribution is -2.06. The Balaban J connectivity index is 2.41. The highest BCUT2D eigenvalue weighted by molar-refractivity contribution is 5.96. The summed E-state index contributed by atoms with van der Waals surface area (Å²) in [4.78, 5) is 19.8. The van der Waals surface area contributed by atoms with E-state index in [4.69, 9.17) is 14.0 Å². The minimum atomic E-state index is -0.480. The average Bonchev–Trinajstić information content (AvgIpc) is 2.81. The molecule has 100 valence electrons. The summed E-state index contributed by atoms with van der Waals surface area (Å²) in [6, 6.07) is 0.238. The van der Waals surface area contributed by atoms with E-state index in [0.717, 1.165) is 0 Å². The Morgan fingerprint density at radius 1 is 1.37 bits per heavy atom. The predicted octanol–water partition coefficient (Wildman–Crippen LogP) is 1.63. The van der Waals surface area contributed by atoms with Crippen molar-refractivity contribution in [2.75, 3.05) is 13.7 Å². The molecule has 0 spiro atoms. The molecule has 0 aromatic carbocycles. The van der Waals surface area contributed by atoms with Crippen molar-refractivity contribution in [1.82, 2.24) is 15.1 Å². The van der Waals surface area contributed by atoms with Gasteiger partial charge in [0.1, 0.15) is 17.0 Å². The Bertz CT molecular complexity index is 577. The first-order chi connectivity index (χ1) is 9.17. The van der Waals surface area contributed by atoms with Crippen molar-refractivity contribution < 1.29 is 18.8 Å². The van der Waals surface area contributed by atoms with Crippen LogP contribution >= 0.6 is 0 Å². The standard InChI is InChI=1S/C12H13N3O4/c1-4-18-11(16)9-7(2)19-15-10(9)8-5-13-12(17-3)14-6-8/h5-6H,4H2,1-3H3.